The highest BCUT2D eigenvalue weighted by Crippen LogP contribution is 2.15. The van der Waals surface area contributed by atoms with Crippen molar-refractivity contribution in [1.82, 2.24) is 0 Å². The lowest BCUT2D eigenvalue weighted by Crippen LogP contribution is -2.35. The van der Waals surface area contributed by atoms with Crippen molar-refractivity contribution < 1.29 is 14.8 Å². The minimum atomic E-state index is 0.259. The zero-order valence-electron chi connectivity index (χ0n) is 14.0. The molecule has 3 heteroatoms. The summed E-state index contributed by atoms with van der Waals surface area (Å²) in [6.07, 6.45) is 7.97. The van der Waals surface area contributed by atoms with Crippen LogP contribution in [0.25, 0.3) is 24.3 Å². The van der Waals surface area contributed by atoms with Gasteiger partial charge < -0.3 is 10.2 Å². The molecular weight excluding hydrogens is 310 g/mol. The zero-order chi connectivity index (χ0) is 17.6. The van der Waals surface area contributed by atoms with Gasteiger partial charge in [-0.1, -0.05) is 24.3 Å². The number of phenols is 2. The van der Waals surface area contributed by atoms with Gasteiger partial charge in [0.15, 0.2) is 0 Å². The molecule has 1 heterocycles. The van der Waals surface area contributed by atoms with Crippen molar-refractivity contribution >= 4 is 24.3 Å². The van der Waals surface area contributed by atoms with Crippen molar-refractivity contribution in [3.05, 3.63) is 89.2 Å². The minimum absolute atomic E-state index is 0.259. The van der Waals surface area contributed by atoms with Gasteiger partial charge in [-0.3, -0.25) is 0 Å². The molecule has 25 heavy (non-hydrogen) atoms. The molecule has 0 aliphatic rings. The Morgan fingerprint density at radius 3 is 1.52 bits per heavy atom. The van der Waals surface area contributed by atoms with Crippen LogP contribution in [0.1, 0.15) is 22.5 Å². The SMILES string of the molecule is C[n+]1c(C=Cc2cccc(O)c2)cccc1C=Cc1cccc(O)c1. The van der Waals surface area contributed by atoms with Gasteiger partial charge in [-0.15, -0.1) is 0 Å². The molecule has 0 atom stereocenters. The first kappa shape index (κ1) is 16.5. The molecule has 0 saturated heterocycles. The summed E-state index contributed by atoms with van der Waals surface area (Å²) in [6, 6.07) is 20.4. The highest BCUT2D eigenvalue weighted by atomic mass is 16.3. The third-order valence-electron chi connectivity index (χ3n) is 3.94. The highest BCUT2D eigenvalue weighted by molar-refractivity contribution is 5.69. The summed E-state index contributed by atoms with van der Waals surface area (Å²) in [5.74, 6) is 0.517. The number of phenolic OH excluding ortho intramolecular Hbond substituents is 2. The maximum Gasteiger partial charge on any atom is 0.205 e. The first-order valence-electron chi connectivity index (χ1n) is 8.05. The van der Waals surface area contributed by atoms with E-state index in [1.807, 2.05) is 73.8 Å². The Balaban J connectivity index is 1.85. The normalized spacial score (nSPS) is 11.4. The molecule has 2 N–H and O–H groups in total. The molecule has 0 aliphatic heterocycles. The molecular formula is C22H20NO2+. The molecule has 3 aromatic rings. The molecule has 0 aliphatic carbocycles. The Bertz CT molecular complexity index is 869. The number of hydrogen-bond donors (Lipinski definition) is 2. The summed E-state index contributed by atoms with van der Waals surface area (Å²) >= 11 is 0. The highest BCUT2D eigenvalue weighted by Gasteiger charge is 2.07. The molecule has 3 rings (SSSR count). The van der Waals surface area contributed by atoms with Crippen LogP contribution in [0, 0.1) is 0 Å². The fourth-order valence-electron chi connectivity index (χ4n) is 2.57. The number of aromatic nitrogens is 1. The molecule has 0 radical (unpaired) electrons. The first-order chi connectivity index (χ1) is 12.1. The third kappa shape index (κ3) is 4.36. The fraction of sp³-hybridized carbons (Fsp3) is 0.0455. The number of rotatable bonds is 4. The number of nitrogens with zero attached hydrogens (tertiary/aromatic N) is 1. The van der Waals surface area contributed by atoms with E-state index in [1.165, 1.54) is 0 Å². The van der Waals surface area contributed by atoms with Crippen LogP contribution >= 0.6 is 0 Å². The maximum absolute atomic E-state index is 9.54. The van der Waals surface area contributed by atoms with Gasteiger partial charge in [0.05, 0.1) is 0 Å². The maximum atomic E-state index is 9.54. The lowest BCUT2D eigenvalue weighted by Gasteiger charge is -2.00. The number of benzene rings is 2. The molecule has 0 amide bonds. The fourth-order valence-corrected chi connectivity index (χ4v) is 2.57. The second-order valence-electron chi connectivity index (χ2n) is 5.79. The van der Waals surface area contributed by atoms with E-state index in [-0.39, 0.29) is 11.5 Å². The number of hydrogen-bond acceptors (Lipinski definition) is 2. The van der Waals surface area contributed by atoms with Gasteiger partial charge in [-0.05, 0) is 53.6 Å². The van der Waals surface area contributed by atoms with Gasteiger partial charge in [-0.2, -0.15) is 4.57 Å². The van der Waals surface area contributed by atoms with E-state index in [1.54, 1.807) is 24.3 Å². The average Bonchev–Trinajstić information content (AvgIpc) is 2.60. The van der Waals surface area contributed by atoms with E-state index in [9.17, 15) is 10.2 Å². The van der Waals surface area contributed by atoms with E-state index in [0.717, 1.165) is 22.5 Å². The smallest absolute Gasteiger partial charge is 0.205 e. The molecule has 1 aromatic heterocycles. The zero-order valence-corrected chi connectivity index (χ0v) is 14.0. The quantitative estimate of drug-likeness (QED) is 0.702. The van der Waals surface area contributed by atoms with Crippen molar-refractivity contribution in [2.24, 2.45) is 7.05 Å². The predicted octanol–water partition coefficient (Wildman–Crippen LogP) is 4.26. The average molecular weight is 330 g/mol. The standard InChI is InChI=1S/C22H19NO2/c1-23-19(13-11-17-5-2-9-21(24)15-17)7-4-8-20(23)14-12-18-6-3-10-22(25)16-18/h2-16H,1H3,(H-,24,25)/p+1. The van der Waals surface area contributed by atoms with Gasteiger partial charge in [-0.25, -0.2) is 0 Å². The largest absolute Gasteiger partial charge is 0.508 e. The van der Waals surface area contributed by atoms with E-state index in [2.05, 4.69) is 4.57 Å². The van der Waals surface area contributed by atoms with Crippen molar-refractivity contribution in [2.75, 3.05) is 0 Å². The third-order valence-corrected chi connectivity index (χ3v) is 3.94. The van der Waals surface area contributed by atoms with Crippen LogP contribution < -0.4 is 4.57 Å². The van der Waals surface area contributed by atoms with Gasteiger partial charge in [0.2, 0.25) is 11.4 Å². The summed E-state index contributed by atoms with van der Waals surface area (Å²) in [5.41, 5.74) is 3.98. The van der Waals surface area contributed by atoms with Crippen molar-refractivity contribution in [1.29, 1.82) is 0 Å². The Kier molecular flexibility index (Phi) is 4.95. The lowest BCUT2D eigenvalue weighted by atomic mass is 10.1. The van der Waals surface area contributed by atoms with E-state index < -0.39 is 0 Å². The van der Waals surface area contributed by atoms with Crippen molar-refractivity contribution in [3.8, 4) is 11.5 Å². The van der Waals surface area contributed by atoms with Gasteiger partial charge in [0, 0.05) is 24.3 Å². The van der Waals surface area contributed by atoms with Crippen molar-refractivity contribution in [2.45, 2.75) is 0 Å². The monoisotopic (exact) mass is 330 g/mol. The lowest BCUT2D eigenvalue weighted by molar-refractivity contribution is -0.675. The van der Waals surface area contributed by atoms with E-state index in [4.69, 9.17) is 0 Å². The Morgan fingerprint density at radius 2 is 1.08 bits per heavy atom. The van der Waals surface area contributed by atoms with Crippen LogP contribution in [0.3, 0.4) is 0 Å². The number of pyridine rings is 1. The number of aromatic hydroxyl groups is 2. The van der Waals surface area contributed by atoms with Crippen LogP contribution in [-0.2, 0) is 7.05 Å². The summed E-state index contributed by atoms with van der Waals surface area (Å²) in [7, 11) is 2.00. The van der Waals surface area contributed by atoms with Gasteiger partial charge >= 0.3 is 0 Å². The Labute approximate surface area is 147 Å². The molecule has 0 fully saturated rings. The Hall–Kier alpha value is -3.33. The topological polar surface area (TPSA) is 44.3 Å². The molecule has 0 bridgehead atoms. The van der Waals surface area contributed by atoms with Crippen LogP contribution in [0.5, 0.6) is 11.5 Å². The summed E-state index contributed by atoms with van der Waals surface area (Å²) in [4.78, 5) is 0. The van der Waals surface area contributed by atoms with Crippen molar-refractivity contribution in [3.63, 3.8) is 0 Å². The van der Waals surface area contributed by atoms with E-state index in [0.29, 0.717) is 0 Å². The van der Waals surface area contributed by atoms with Crippen LogP contribution in [0.2, 0.25) is 0 Å². The summed E-state index contributed by atoms with van der Waals surface area (Å²) in [6.45, 7) is 0. The first-order valence-corrected chi connectivity index (χ1v) is 8.05. The van der Waals surface area contributed by atoms with Gasteiger partial charge in [0.1, 0.15) is 18.5 Å². The van der Waals surface area contributed by atoms with Gasteiger partial charge in [0.25, 0.3) is 0 Å². The second kappa shape index (κ2) is 7.49. The Morgan fingerprint density at radius 1 is 0.640 bits per heavy atom. The molecule has 2 aromatic carbocycles. The van der Waals surface area contributed by atoms with Crippen LogP contribution in [0.15, 0.2) is 66.7 Å². The van der Waals surface area contributed by atoms with Crippen LogP contribution in [-0.4, -0.2) is 10.2 Å². The molecule has 0 spiro atoms. The molecule has 0 saturated carbocycles. The summed E-state index contributed by atoms with van der Waals surface area (Å²) < 4.78 is 2.08. The summed E-state index contributed by atoms with van der Waals surface area (Å²) in [5, 5.41) is 19.1. The second-order valence-corrected chi connectivity index (χ2v) is 5.79. The minimum Gasteiger partial charge on any atom is -0.508 e. The van der Waals surface area contributed by atoms with E-state index >= 15 is 0 Å². The molecule has 124 valence electrons. The predicted molar refractivity (Wildman–Crippen MR) is 102 cm³/mol. The van der Waals surface area contributed by atoms with Crippen LogP contribution in [0.4, 0.5) is 0 Å². The molecule has 0 unspecified atom stereocenters. The molecule has 3 nitrogen and oxygen atoms in total.